The average Bonchev–Trinajstić information content (AvgIpc) is 4.18. The number of rotatable bonds is 22. The zero-order chi connectivity index (χ0) is 58.5. The molecule has 79 heavy (non-hydrogen) atoms. The summed E-state index contributed by atoms with van der Waals surface area (Å²) in [7, 11) is -2.68. The van der Waals surface area contributed by atoms with Crippen LogP contribution in [0.25, 0.3) is 21.8 Å². The van der Waals surface area contributed by atoms with Crippen molar-refractivity contribution in [2.75, 3.05) is 39.4 Å². The summed E-state index contributed by atoms with van der Waals surface area (Å²) in [6, 6.07) is 14.6. The van der Waals surface area contributed by atoms with E-state index >= 15 is 0 Å². The predicted octanol–water partition coefficient (Wildman–Crippen LogP) is 11.8. The fourth-order valence-corrected chi connectivity index (χ4v) is 11.5. The molecule has 4 heterocycles. The number of hydrogen-bond donors (Lipinski definition) is 1. The van der Waals surface area contributed by atoms with Crippen LogP contribution in [0.2, 0.25) is 51.4 Å². The first-order valence-electron chi connectivity index (χ1n) is 28.7. The Morgan fingerprint density at radius 3 is 1.24 bits per heavy atom. The number of nitrogens with one attached hydrogen (secondary N) is 1. The van der Waals surface area contributed by atoms with E-state index in [1.54, 1.807) is 9.80 Å². The van der Waals surface area contributed by atoms with Crippen LogP contribution in [0.3, 0.4) is 0 Å². The van der Waals surface area contributed by atoms with Gasteiger partial charge in [0.05, 0.1) is 34.3 Å². The van der Waals surface area contributed by atoms with Crippen LogP contribution in [-0.2, 0) is 77.4 Å². The molecule has 0 radical (unpaired) electrons. The highest BCUT2D eigenvalue weighted by molar-refractivity contribution is 6.76. The van der Waals surface area contributed by atoms with Gasteiger partial charge in [-0.05, 0) is 168 Å². The Balaban J connectivity index is 1.30. The Hall–Kier alpha value is -4.83. The van der Waals surface area contributed by atoms with Crippen LogP contribution in [0, 0.1) is 23.7 Å². The topological polar surface area (TPSA) is 178 Å². The summed E-state index contributed by atoms with van der Waals surface area (Å²) in [6.07, 6.45) is 1.41. The van der Waals surface area contributed by atoms with E-state index in [4.69, 9.17) is 38.6 Å². The highest BCUT2D eigenvalue weighted by atomic mass is 28.3. The van der Waals surface area contributed by atoms with Gasteiger partial charge >= 0.3 is 24.1 Å². The molecule has 6 rings (SSSR count). The third-order valence-corrected chi connectivity index (χ3v) is 17.4. The molecular weight excluding hydrogens is 1030 g/mol. The molecule has 4 aromatic rings. The number of nitrogens with zero attached hydrogens (tertiary/aromatic N) is 6. The summed E-state index contributed by atoms with van der Waals surface area (Å²) in [6.45, 7) is 41.0. The molecule has 1 N–H and O–H groups in total. The van der Waals surface area contributed by atoms with Crippen molar-refractivity contribution < 1.29 is 47.6 Å². The Kier molecular flexibility index (Phi) is 20.5. The van der Waals surface area contributed by atoms with Gasteiger partial charge in [0.2, 0.25) is 0 Å². The fourth-order valence-electron chi connectivity index (χ4n) is 10.0. The largest absolute Gasteiger partial charge is 0.460 e. The lowest BCUT2D eigenvalue weighted by molar-refractivity contribution is -0.163. The Morgan fingerprint density at radius 1 is 0.557 bits per heavy atom. The number of esters is 2. The summed E-state index contributed by atoms with van der Waals surface area (Å²) in [5.41, 5.74) is 2.78. The molecule has 0 unspecified atom stereocenters. The van der Waals surface area contributed by atoms with Gasteiger partial charge in [-0.25, -0.2) is 19.0 Å². The summed E-state index contributed by atoms with van der Waals surface area (Å²) in [4.78, 5) is 58.0. The maximum Gasteiger partial charge on any atom is 0.410 e. The van der Waals surface area contributed by atoms with Crippen LogP contribution < -0.4 is 5.32 Å². The van der Waals surface area contributed by atoms with Crippen molar-refractivity contribution in [3.05, 3.63) is 58.9 Å². The van der Waals surface area contributed by atoms with Crippen LogP contribution in [-0.4, -0.2) is 131 Å². The molecule has 2 aromatic heterocycles. The second-order valence-corrected chi connectivity index (χ2v) is 39.8. The number of carbonyl (C=O) groups is 4. The van der Waals surface area contributed by atoms with E-state index in [1.165, 1.54) is 0 Å². The fraction of sp³-hybridized carbons (Fsp3) is 0.700. The molecule has 17 nitrogen and oxygen atoms in total. The van der Waals surface area contributed by atoms with Crippen molar-refractivity contribution in [1.29, 1.82) is 0 Å². The van der Waals surface area contributed by atoms with Crippen LogP contribution in [0.4, 0.5) is 9.59 Å². The van der Waals surface area contributed by atoms with Gasteiger partial charge < -0.3 is 43.5 Å². The third-order valence-electron chi connectivity index (χ3n) is 14.0. The van der Waals surface area contributed by atoms with Gasteiger partial charge in [-0.3, -0.25) is 9.59 Å². The SMILES string of the molecule is CC(C)(C)OC(=O)[C@@H](Cc1ccc2c(c1)c(CNCc1nn(COCC[Si](C)(C)C)c3ccc(C[C@H](C(=O)OC(C)(C)C)[C@H]4CCN(C(=O)OC(C)(C)C)C4)cc13)nn2COCC[Si](C)(C)C)[C@H]1CCN(C(=O)OC(C)(C)C)C1. The molecule has 2 aliphatic heterocycles. The highest BCUT2D eigenvalue weighted by Crippen LogP contribution is 2.35. The number of ether oxygens (including phenoxy) is 6. The second-order valence-electron chi connectivity index (χ2n) is 28.5. The molecule has 2 saturated heterocycles. The van der Waals surface area contributed by atoms with Crippen molar-refractivity contribution in [1.82, 2.24) is 34.7 Å². The minimum atomic E-state index is -1.34. The number of fused-ring (bicyclic) bond motifs is 2. The Bertz CT molecular complexity index is 2550. The number of aromatic nitrogens is 4. The van der Waals surface area contributed by atoms with E-state index in [1.807, 2.05) is 92.4 Å². The van der Waals surface area contributed by atoms with Crippen LogP contribution in [0.15, 0.2) is 36.4 Å². The normalized spacial score (nSPS) is 17.6. The van der Waals surface area contributed by atoms with E-state index < -0.39 is 50.4 Å². The smallest absolute Gasteiger partial charge is 0.410 e. The molecule has 0 aliphatic carbocycles. The molecule has 2 aromatic carbocycles. The molecule has 19 heteroatoms. The van der Waals surface area contributed by atoms with E-state index in [2.05, 4.69) is 81.0 Å². The lowest BCUT2D eigenvalue weighted by Crippen LogP contribution is -2.38. The summed E-state index contributed by atoms with van der Waals surface area (Å²) in [5, 5.41) is 15.9. The second kappa shape index (κ2) is 25.5. The monoisotopic (exact) mass is 1130 g/mol. The summed E-state index contributed by atoms with van der Waals surface area (Å²) < 4.78 is 40.0. The predicted molar refractivity (Wildman–Crippen MR) is 316 cm³/mol. The molecule has 0 bridgehead atoms. The Labute approximate surface area is 473 Å². The Morgan fingerprint density at radius 2 is 0.911 bits per heavy atom. The number of carbonyl (C=O) groups excluding carboxylic acids is 4. The standard InChI is InChI=1S/C60H97N7O10Si2/c1-57(2,3)74-53(68)45(43-23-25-64(37-43)55(70)76-59(7,8)9)31-41-19-21-51-47(33-41)49(62-66(51)39-72-27-29-78(13,14)15)35-61-36-50-48-34-42(20-22-52(48)67(63-50)40-73-28-30-79(16,17)18)32-46(54(69)75-58(4,5)6)44-24-26-65(38-44)56(71)77-60(10,11)12/h19-22,33-34,43-46,61H,23-32,35-40H2,1-18H3/t43-,44-,45-,46-/m0/s1. The van der Waals surface area contributed by atoms with Crippen molar-refractivity contribution in [3.8, 4) is 0 Å². The van der Waals surface area contributed by atoms with Gasteiger partial charge in [0, 0.05) is 79.4 Å². The highest BCUT2D eigenvalue weighted by Gasteiger charge is 2.41. The van der Waals surface area contributed by atoms with Gasteiger partial charge in [0.15, 0.2) is 0 Å². The van der Waals surface area contributed by atoms with Crippen molar-refractivity contribution in [2.45, 2.75) is 209 Å². The average molecular weight is 1130 g/mol. The minimum absolute atomic E-state index is 0.122. The summed E-state index contributed by atoms with van der Waals surface area (Å²) in [5.74, 6) is -1.80. The first kappa shape index (κ1) is 63.4. The number of benzene rings is 2. The van der Waals surface area contributed by atoms with Gasteiger partial charge in [-0.2, -0.15) is 10.2 Å². The maximum absolute atomic E-state index is 14.1. The first-order valence-corrected chi connectivity index (χ1v) is 36.2. The first-order chi connectivity index (χ1) is 36.5. The van der Waals surface area contributed by atoms with Crippen molar-refractivity contribution in [3.63, 3.8) is 0 Å². The molecule has 0 spiro atoms. The van der Waals surface area contributed by atoms with Gasteiger partial charge in [-0.15, -0.1) is 0 Å². The minimum Gasteiger partial charge on any atom is -0.460 e. The molecule has 2 aliphatic rings. The van der Waals surface area contributed by atoms with E-state index in [9.17, 15) is 19.2 Å². The quantitative estimate of drug-likeness (QED) is 0.0340. The van der Waals surface area contributed by atoms with E-state index in [-0.39, 0.29) is 36.0 Å². The number of hydrogen-bond acceptors (Lipinski definition) is 13. The molecule has 2 amide bonds. The van der Waals surface area contributed by atoms with Gasteiger partial charge in [0.25, 0.3) is 0 Å². The molecule has 2 fully saturated rings. The van der Waals surface area contributed by atoms with Gasteiger partial charge in [-0.1, -0.05) is 51.4 Å². The van der Waals surface area contributed by atoms with Crippen LogP contribution in [0.5, 0.6) is 0 Å². The lowest BCUT2D eigenvalue weighted by Gasteiger charge is -2.28. The zero-order valence-electron chi connectivity index (χ0n) is 51.4. The summed E-state index contributed by atoms with van der Waals surface area (Å²) >= 11 is 0. The molecular formula is C60H97N7O10Si2. The zero-order valence-corrected chi connectivity index (χ0v) is 53.4. The number of likely N-dealkylation sites (tertiary alicyclic amines) is 2. The van der Waals surface area contributed by atoms with Crippen molar-refractivity contribution in [2.24, 2.45) is 23.7 Å². The van der Waals surface area contributed by atoms with Crippen molar-refractivity contribution >= 4 is 62.1 Å². The maximum atomic E-state index is 14.1. The van der Waals surface area contributed by atoms with E-state index in [0.29, 0.717) is 91.6 Å². The third kappa shape index (κ3) is 19.7. The molecule has 4 atom stereocenters. The van der Waals surface area contributed by atoms with Gasteiger partial charge in [0.1, 0.15) is 35.9 Å². The van der Waals surface area contributed by atoms with E-state index in [0.717, 1.165) is 56.4 Å². The molecule has 440 valence electrons. The van der Waals surface area contributed by atoms with Crippen LogP contribution in [0.1, 0.15) is 118 Å². The van der Waals surface area contributed by atoms with Crippen LogP contribution >= 0.6 is 0 Å². The number of amides is 2. The molecule has 0 saturated carbocycles. The lowest BCUT2D eigenvalue weighted by atomic mass is 9.85.